The molecule has 2 heterocycles. The van der Waals surface area contributed by atoms with Crippen LogP contribution in [0.1, 0.15) is 11.3 Å². The van der Waals surface area contributed by atoms with Gasteiger partial charge in [-0.2, -0.15) is 5.10 Å². The largest absolute Gasteiger partial charge is 0.234 e. The number of fused-ring (bicyclic) bond motifs is 1. The number of hydrogen-bond acceptors (Lipinski definition) is 2. The standard InChI is InChI=1S/C8H8BrN3/c1-5-3-6(2)11-12-7(9)4-10-8(5)12/h3-4H,1-2H3. The van der Waals surface area contributed by atoms with E-state index in [2.05, 4.69) is 26.0 Å². The van der Waals surface area contributed by atoms with E-state index in [1.807, 2.05) is 19.9 Å². The zero-order valence-corrected chi connectivity index (χ0v) is 8.46. The summed E-state index contributed by atoms with van der Waals surface area (Å²) >= 11 is 3.37. The van der Waals surface area contributed by atoms with E-state index in [9.17, 15) is 0 Å². The molecule has 0 unspecified atom stereocenters. The smallest absolute Gasteiger partial charge is 0.157 e. The van der Waals surface area contributed by atoms with Crippen molar-refractivity contribution in [3.05, 3.63) is 28.1 Å². The first-order chi connectivity index (χ1) is 5.68. The SMILES string of the molecule is Cc1cc(C)c2ncc(Br)n2n1. The molecule has 2 rings (SSSR count). The van der Waals surface area contributed by atoms with Gasteiger partial charge in [0.15, 0.2) is 5.65 Å². The first-order valence-corrected chi connectivity index (χ1v) is 4.45. The van der Waals surface area contributed by atoms with Gasteiger partial charge in [0, 0.05) is 0 Å². The molecule has 4 heteroatoms. The zero-order valence-electron chi connectivity index (χ0n) is 6.87. The van der Waals surface area contributed by atoms with Crippen LogP contribution in [0, 0.1) is 13.8 Å². The molecule has 3 nitrogen and oxygen atoms in total. The van der Waals surface area contributed by atoms with Crippen LogP contribution in [0.5, 0.6) is 0 Å². The molecule has 0 saturated heterocycles. The van der Waals surface area contributed by atoms with Gasteiger partial charge in [-0.3, -0.25) is 0 Å². The van der Waals surface area contributed by atoms with Crippen molar-refractivity contribution < 1.29 is 0 Å². The summed E-state index contributed by atoms with van der Waals surface area (Å²) in [7, 11) is 0. The average Bonchev–Trinajstić information content (AvgIpc) is 2.33. The lowest BCUT2D eigenvalue weighted by atomic mass is 10.3. The van der Waals surface area contributed by atoms with E-state index in [-0.39, 0.29) is 0 Å². The highest BCUT2D eigenvalue weighted by Gasteiger charge is 2.04. The molecule has 0 saturated carbocycles. The Labute approximate surface area is 78.6 Å². The highest BCUT2D eigenvalue weighted by molar-refractivity contribution is 9.10. The van der Waals surface area contributed by atoms with Crippen molar-refractivity contribution >= 4 is 21.6 Å². The maximum absolute atomic E-state index is 4.30. The number of rotatable bonds is 0. The Morgan fingerprint density at radius 3 is 2.92 bits per heavy atom. The average molecular weight is 226 g/mol. The van der Waals surface area contributed by atoms with Crippen LogP contribution in [-0.2, 0) is 0 Å². The number of aryl methyl sites for hydroxylation is 2. The molecule has 0 fully saturated rings. The second kappa shape index (κ2) is 2.55. The summed E-state index contributed by atoms with van der Waals surface area (Å²) in [5.74, 6) is 0. The lowest BCUT2D eigenvalue weighted by Crippen LogP contribution is -1.96. The Morgan fingerprint density at radius 2 is 2.17 bits per heavy atom. The molecule has 0 aliphatic heterocycles. The molecule has 0 radical (unpaired) electrons. The van der Waals surface area contributed by atoms with Crippen LogP contribution in [0.2, 0.25) is 0 Å². The van der Waals surface area contributed by atoms with Gasteiger partial charge < -0.3 is 0 Å². The minimum atomic E-state index is 0.893. The summed E-state index contributed by atoms with van der Waals surface area (Å²) in [5.41, 5.74) is 3.05. The van der Waals surface area contributed by atoms with Gasteiger partial charge in [0.1, 0.15) is 4.60 Å². The third-order valence-corrected chi connectivity index (χ3v) is 2.27. The molecule has 0 amide bonds. The quantitative estimate of drug-likeness (QED) is 0.688. The van der Waals surface area contributed by atoms with E-state index >= 15 is 0 Å². The molecule has 0 bridgehead atoms. The van der Waals surface area contributed by atoms with Crippen molar-refractivity contribution in [2.24, 2.45) is 0 Å². The molecule has 62 valence electrons. The second-order valence-electron chi connectivity index (χ2n) is 2.79. The van der Waals surface area contributed by atoms with Crippen molar-refractivity contribution in [1.82, 2.24) is 14.6 Å². The Balaban J connectivity index is 2.92. The summed E-state index contributed by atoms with van der Waals surface area (Å²) in [4.78, 5) is 4.21. The van der Waals surface area contributed by atoms with E-state index < -0.39 is 0 Å². The van der Waals surface area contributed by atoms with Crippen molar-refractivity contribution in [2.75, 3.05) is 0 Å². The molecule has 0 N–H and O–H groups in total. The maximum atomic E-state index is 4.30. The zero-order chi connectivity index (χ0) is 8.72. The summed E-state index contributed by atoms with van der Waals surface area (Å²) in [6.45, 7) is 4.00. The Hall–Kier alpha value is -0.900. The van der Waals surface area contributed by atoms with Crippen LogP contribution < -0.4 is 0 Å². The van der Waals surface area contributed by atoms with Crippen molar-refractivity contribution in [2.45, 2.75) is 13.8 Å². The third-order valence-electron chi connectivity index (χ3n) is 1.73. The van der Waals surface area contributed by atoms with E-state index in [1.165, 1.54) is 0 Å². The van der Waals surface area contributed by atoms with E-state index in [4.69, 9.17) is 0 Å². The van der Waals surface area contributed by atoms with Gasteiger partial charge >= 0.3 is 0 Å². The molecule has 0 aliphatic carbocycles. The van der Waals surface area contributed by atoms with Gasteiger partial charge in [0.25, 0.3) is 0 Å². The number of imidazole rings is 1. The summed E-state index contributed by atoms with van der Waals surface area (Å²) in [5, 5.41) is 4.30. The van der Waals surface area contributed by atoms with Crippen molar-refractivity contribution in [3.8, 4) is 0 Å². The predicted molar refractivity (Wildman–Crippen MR) is 50.2 cm³/mol. The predicted octanol–water partition coefficient (Wildman–Crippen LogP) is 2.11. The minimum absolute atomic E-state index is 0.893. The van der Waals surface area contributed by atoms with E-state index in [0.29, 0.717) is 0 Å². The highest BCUT2D eigenvalue weighted by atomic mass is 79.9. The highest BCUT2D eigenvalue weighted by Crippen LogP contribution is 2.14. The van der Waals surface area contributed by atoms with Gasteiger partial charge in [0.2, 0.25) is 0 Å². The van der Waals surface area contributed by atoms with Crippen LogP contribution in [0.4, 0.5) is 0 Å². The number of aromatic nitrogens is 3. The molecular formula is C8H8BrN3. The fourth-order valence-electron chi connectivity index (χ4n) is 1.25. The number of nitrogens with zero attached hydrogens (tertiary/aromatic N) is 3. The van der Waals surface area contributed by atoms with Gasteiger partial charge in [-0.25, -0.2) is 9.50 Å². The normalized spacial score (nSPS) is 10.9. The maximum Gasteiger partial charge on any atom is 0.157 e. The fraction of sp³-hybridized carbons (Fsp3) is 0.250. The summed E-state index contributed by atoms with van der Waals surface area (Å²) in [6.07, 6.45) is 1.76. The van der Waals surface area contributed by atoms with Crippen LogP contribution in [0.3, 0.4) is 0 Å². The van der Waals surface area contributed by atoms with Crippen LogP contribution in [-0.4, -0.2) is 14.6 Å². The third kappa shape index (κ3) is 1.03. The molecule has 0 aromatic carbocycles. The second-order valence-corrected chi connectivity index (χ2v) is 3.60. The summed E-state index contributed by atoms with van der Waals surface area (Å²) in [6, 6.07) is 2.02. The number of halogens is 1. The van der Waals surface area contributed by atoms with Crippen molar-refractivity contribution in [3.63, 3.8) is 0 Å². The van der Waals surface area contributed by atoms with E-state index in [0.717, 1.165) is 21.5 Å². The molecule has 2 aromatic heterocycles. The number of hydrogen-bond donors (Lipinski definition) is 0. The Bertz CT molecular complexity index is 433. The Kier molecular flexibility index (Phi) is 1.65. The summed E-state index contributed by atoms with van der Waals surface area (Å²) < 4.78 is 2.69. The lowest BCUT2D eigenvalue weighted by Gasteiger charge is -1.99. The van der Waals surface area contributed by atoms with Crippen LogP contribution in [0.15, 0.2) is 16.9 Å². The van der Waals surface area contributed by atoms with Gasteiger partial charge in [-0.05, 0) is 41.4 Å². The molecule has 0 aliphatic rings. The molecule has 0 atom stereocenters. The Morgan fingerprint density at radius 1 is 1.42 bits per heavy atom. The molecular weight excluding hydrogens is 218 g/mol. The van der Waals surface area contributed by atoms with Crippen LogP contribution in [0.25, 0.3) is 5.65 Å². The van der Waals surface area contributed by atoms with Crippen LogP contribution >= 0.6 is 15.9 Å². The van der Waals surface area contributed by atoms with Gasteiger partial charge in [-0.1, -0.05) is 0 Å². The monoisotopic (exact) mass is 225 g/mol. The molecule has 12 heavy (non-hydrogen) atoms. The first kappa shape index (κ1) is 7.73. The van der Waals surface area contributed by atoms with Gasteiger partial charge in [-0.15, -0.1) is 0 Å². The van der Waals surface area contributed by atoms with E-state index in [1.54, 1.807) is 10.7 Å². The molecule has 2 aromatic rings. The minimum Gasteiger partial charge on any atom is -0.234 e. The fourth-order valence-corrected chi connectivity index (χ4v) is 1.60. The lowest BCUT2D eigenvalue weighted by molar-refractivity contribution is 0.876. The molecule has 0 spiro atoms. The topological polar surface area (TPSA) is 30.2 Å². The first-order valence-electron chi connectivity index (χ1n) is 3.66. The van der Waals surface area contributed by atoms with Gasteiger partial charge in [0.05, 0.1) is 11.9 Å². The van der Waals surface area contributed by atoms with Crippen molar-refractivity contribution in [1.29, 1.82) is 0 Å².